The number of hydrogen-bond donors (Lipinski definition) is 2. The summed E-state index contributed by atoms with van der Waals surface area (Å²) in [7, 11) is 3.47. The van der Waals surface area contributed by atoms with Gasteiger partial charge in [0, 0.05) is 32.0 Å². The van der Waals surface area contributed by atoms with E-state index >= 15 is 0 Å². The minimum absolute atomic E-state index is 0.0237. The number of rotatable bonds is 10. The van der Waals surface area contributed by atoms with Gasteiger partial charge in [0.05, 0.1) is 17.6 Å². The van der Waals surface area contributed by atoms with Crippen LogP contribution in [0.1, 0.15) is 28.6 Å². The Labute approximate surface area is 145 Å². The Balaban J connectivity index is 2.67. The number of aliphatic hydroxyl groups excluding tert-OH is 1. The van der Waals surface area contributed by atoms with Crippen LogP contribution in [0.25, 0.3) is 0 Å². The lowest BCUT2D eigenvalue weighted by molar-refractivity contribution is -0.136. The minimum atomic E-state index is -0.812. The summed E-state index contributed by atoms with van der Waals surface area (Å²) >= 11 is 3.19. The van der Waals surface area contributed by atoms with Gasteiger partial charge in [-0.3, -0.25) is 9.59 Å². The van der Waals surface area contributed by atoms with E-state index in [1.165, 1.54) is 0 Å². The van der Waals surface area contributed by atoms with Gasteiger partial charge >= 0.3 is 5.97 Å². The molecule has 1 rings (SSSR count). The van der Waals surface area contributed by atoms with Crippen molar-refractivity contribution in [3.05, 3.63) is 35.4 Å². The highest BCUT2D eigenvalue weighted by Gasteiger charge is 2.15. The molecule has 5 nitrogen and oxygen atoms in total. The van der Waals surface area contributed by atoms with Gasteiger partial charge < -0.3 is 15.1 Å². The lowest BCUT2D eigenvalue weighted by Gasteiger charge is -2.18. The maximum absolute atomic E-state index is 11.7. The van der Waals surface area contributed by atoms with Crippen LogP contribution in [0, 0.1) is 0 Å². The Hall–Kier alpha value is -1.18. The molecule has 0 radical (unpaired) electrons. The Morgan fingerprint density at radius 1 is 1.17 bits per heavy atom. The molecule has 23 heavy (non-hydrogen) atoms. The first-order chi connectivity index (χ1) is 10.9. The van der Waals surface area contributed by atoms with E-state index in [1.807, 2.05) is 24.3 Å². The normalized spacial score (nSPS) is 12.0. The predicted molar refractivity (Wildman–Crippen MR) is 95.6 cm³/mol. The molecule has 1 aromatic carbocycles. The first-order valence-electron chi connectivity index (χ1n) is 7.29. The van der Waals surface area contributed by atoms with Crippen molar-refractivity contribution >= 4 is 35.4 Å². The zero-order chi connectivity index (χ0) is 17.2. The Kier molecular flexibility index (Phi) is 9.13. The molecule has 0 aliphatic rings. The lowest BCUT2D eigenvalue weighted by Crippen LogP contribution is -2.21. The summed E-state index contributed by atoms with van der Waals surface area (Å²) in [6, 6.07) is 7.64. The van der Waals surface area contributed by atoms with Crippen molar-refractivity contribution < 1.29 is 19.8 Å². The van der Waals surface area contributed by atoms with Crippen LogP contribution in [-0.4, -0.2) is 52.6 Å². The molecule has 0 aliphatic heterocycles. The van der Waals surface area contributed by atoms with Gasteiger partial charge in [-0.25, -0.2) is 0 Å². The largest absolute Gasteiger partial charge is 0.481 e. The molecule has 0 bridgehead atoms. The van der Waals surface area contributed by atoms with Crippen LogP contribution in [0.15, 0.2) is 24.3 Å². The second-order valence-corrected chi connectivity index (χ2v) is 7.88. The van der Waals surface area contributed by atoms with E-state index in [4.69, 9.17) is 5.11 Å². The van der Waals surface area contributed by atoms with Crippen LogP contribution in [0.4, 0.5) is 0 Å². The van der Waals surface area contributed by atoms with Crippen LogP contribution >= 0.6 is 23.5 Å². The lowest BCUT2D eigenvalue weighted by atomic mass is 10.1. The summed E-state index contributed by atoms with van der Waals surface area (Å²) in [5.41, 5.74) is 1.87. The molecule has 1 atom stereocenters. The number of nitrogens with zero attached hydrogens (tertiary/aromatic N) is 1. The number of aliphatic hydroxyl groups is 1. The van der Waals surface area contributed by atoms with E-state index < -0.39 is 5.97 Å². The van der Waals surface area contributed by atoms with Crippen LogP contribution in [0.2, 0.25) is 0 Å². The van der Waals surface area contributed by atoms with Gasteiger partial charge in [-0.05, 0) is 11.1 Å². The van der Waals surface area contributed by atoms with Crippen LogP contribution < -0.4 is 0 Å². The number of amides is 1. The van der Waals surface area contributed by atoms with E-state index in [9.17, 15) is 14.7 Å². The Morgan fingerprint density at radius 3 is 2.39 bits per heavy atom. The zero-order valence-electron chi connectivity index (χ0n) is 13.4. The fourth-order valence-electron chi connectivity index (χ4n) is 1.81. The Morgan fingerprint density at radius 2 is 1.83 bits per heavy atom. The number of hydrogen-bond acceptors (Lipinski definition) is 5. The van der Waals surface area contributed by atoms with Crippen molar-refractivity contribution in [1.29, 1.82) is 0 Å². The summed E-state index contributed by atoms with van der Waals surface area (Å²) in [5, 5.41) is 18.0. The van der Waals surface area contributed by atoms with Gasteiger partial charge in [0.1, 0.15) is 0 Å². The third kappa shape index (κ3) is 7.76. The first-order valence-corrected chi connectivity index (χ1v) is 9.38. The van der Waals surface area contributed by atoms with Gasteiger partial charge in [0.15, 0.2) is 0 Å². The van der Waals surface area contributed by atoms with E-state index in [0.717, 1.165) is 11.1 Å². The molecule has 1 aromatic rings. The van der Waals surface area contributed by atoms with Gasteiger partial charge in [0.2, 0.25) is 5.91 Å². The standard InChI is InChI=1S/C16H23NO4S2/c1-17(2)14(19)6-8-22-16(23-9-7-15(20)21)13-5-3-4-12(10-13)11-18/h3-5,10,16,18H,6-9,11H2,1-2H3,(H,20,21). The third-order valence-electron chi connectivity index (χ3n) is 3.07. The maximum Gasteiger partial charge on any atom is 0.304 e. The van der Waals surface area contributed by atoms with Crippen molar-refractivity contribution in [2.45, 2.75) is 24.0 Å². The van der Waals surface area contributed by atoms with Crippen molar-refractivity contribution in [3.63, 3.8) is 0 Å². The van der Waals surface area contributed by atoms with Crippen LogP contribution in [0.3, 0.4) is 0 Å². The second kappa shape index (κ2) is 10.6. The molecular formula is C16H23NO4S2. The van der Waals surface area contributed by atoms with Crippen molar-refractivity contribution in [1.82, 2.24) is 4.90 Å². The number of thioether (sulfide) groups is 2. The molecule has 0 saturated heterocycles. The van der Waals surface area contributed by atoms with Crippen molar-refractivity contribution in [2.75, 3.05) is 25.6 Å². The molecule has 0 aromatic heterocycles. The number of benzene rings is 1. The number of carboxylic acid groups (broad SMARTS) is 1. The van der Waals surface area contributed by atoms with Gasteiger partial charge in [-0.1, -0.05) is 24.3 Å². The van der Waals surface area contributed by atoms with Crippen molar-refractivity contribution in [2.24, 2.45) is 0 Å². The molecule has 2 N–H and O–H groups in total. The number of carboxylic acids is 1. The first kappa shape index (κ1) is 19.9. The summed E-state index contributed by atoms with van der Waals surface area (Å²) < 4.78 is 0.0517. The quantitative estimate of drug-likeness (QED) is 0.627. The van der Waals surface area contributed by atoms with E-state index in [2.05, 4.69) is 0 Å². The van der Waals surface area contributed by atoms with E-state index in [-0.39, 0.29) is 23.5 Å². The SMILES string of the molecule is CN(C)C(=O)CCSC(SCCC(=O)O)c1cccc(CO)c1. The molecule has 128 valence electrons. The second-order valence-electron chi connectivity index (χ2n) is 5.16. The molecule has 0 aliphatic carbocycles. The number of carbonyl (C=O) groups excluding carboxylic acids is 1. The molecule has 1 amide bonds. The molecular weight excluding hydrogens is 334 g/mol. The summed E-state index contributed by atoms with van der Waals surface area (Å²) in [6.07, 6.45) is 0.561. The summed E-state index contributed by atoms with van der Waals surface area (Å²) in [5.74, 6) is 0.451. The fourth-order valence-corrected chi connectivity index (χ4v) is 4.46. The highest BCUT2D eigenvalue weighted by Crippen LogP contribution is 2.40. The van der Waals surface area contributed by atoms with Crippen LogP contribution in [0.5, 0.6) is 0 Å². The van der Waals surface area contributed by atoms with Crippen LogP contribution in [-0.2, 0) is 16.2 Å². The fraction of sp³-hybridized carbons (Fsp3) is 0.500. The summed E-state index contributed by atoms with van der Waals surface area (Å²) in [6.45, 7) is -0.0237. The maximum atomic E-state index is 11.7. The van der Waals surface area contributed by atoms with Crippen molar-refractivity contribution in [3.8, 4) is 0 Å². The predicted octanol–water partition coefficient (Wildman–Crippen LogP) is 2.60. The molecule has 0 saturated carbocycles. The molecule has 1 unspecified atom stereocenters. The van der Waals surface area contributed by atoms with E-state index in [0.29, 0.717) is 17.9 Å². The number of carbonyl (C=O) groups is 2. The van der Waals surface area contributed by atoms with Gasteiger partial charge in [0.25, 0.3) is 0 Å². The van der Waals surface area contributed by atoms with Gasteiger partial charge in [-0.15, -0.1) is 23.5 Å². The summed E-state index contributed by atoms with van der Waals surface area (Å²) in [4.78, 5) is 23.9. The topological polar surface area (TPSA) is 77.8 Å². The van der Waals surface area contributed by atoms with Gasteiger partial charge in [-0.2, -0.15) is 0 Å². The average molecular weight is 357 g/mol. The molecule has 0 fully saturated rings. The molecule has 7 heteroatoms. The highest BCUT2D eigenvalue weighted by molar-refractivity contribution is 8.16. The monoisotopic (exact) mass is 357 g/mol. The van der Waals surface area contributed by atoms with E-state index in [1.54, 1.807) is 42.5 Å². The highest BCUT2D eigenvalue weighted by atomic mass is 32.2. The molecule has 0 heterocycles. The zero-order valence-corrected chi connectivity index (χ0v) is 15.0. The average Bonchev–Trinajstić information content (AvgIpc) is 2.52. The minimum Gasteiger partial charge on any atom is -0.481 e. The Bertz CT molecular complexity index is 523. The number of aliphatic carboxylic acids is 1. The smallest absolute Gasteiger partial charge is 0.304 e. The third-order valence-corrected chi connectivity index (χ3v) is 5.92. The molecule has 0 spiro atoms.